The second-order valence-electron chi connectivity index (χ2n) is 4.86. The zero-order valence-electron chi connectivity index (χ0n) is 11.6. The molecule has 2 aromatic rings. The number of benzene rings is 1. The van der Waals surface area contributed by atoms with Gasteiger partial charge in [-0.25, -0.2) is 17.9 Å². The van der Waals surface area contributed by atoms with Gasteiger partial charge >= 0.3 is 0 Å². The van der Waals surface area contributed by atoms with Crippen LogP contribution in [0.15, 0.2) is 23.6 Å². The molecule has 0 saturated heterocycles. The van der Waals surface area contributed by atoms with Crippen LogP contribution >= 0.6 is 11.3 Å². The number of thiophene rings is 1. The number of nitrogens with two attached hydrogens (primary N) is 1. The van der Waals surface area contributed by atoms with Gasteiger partial charge in [-0.1, -0.05) is 12.1 Å². The highest BCUT2D eigenvalue weighted by Gasteiger charge is 2.21. The van der Waals surface area contributed by atoms with Crippen LogP contribution in [-0.4, -0.2) is 20.5 Å². The number of Topliss-reactive ketones (excluding diaryl/α,β-unsaturated/α-hetero) is 1. The second-order valence-corrected chi connectivity index (χ2v) is 7.35. The first kappa shape index (κ1) is 16.7. The largest absolute Gasteiger partial charge is 0.294 e. The lowest BCUT2D eigenvalue weighted by Gasteiger charge is -2.03. The van der Waals surface area contributed by atoms with Crippen LogP contribution in [0.2, 0.25) is 0 Å². The van der Waals surface area contributed by atoms with Crippen molar-refractivity contribution >= 4 is 27.1 Å². The monoisotopic (exact) mass is 345 g/mol. The van der Waals surface area contributed by atoms with Crippen molar-refractivity contribution in [1.29, 1.82) is 0 Å². The zero-order chi connectivity index (χ0) is 16.5. The summed E-state index contributed by atoms with van der Waals surface area (Å²) in [4.78, 5) is 11.6. The first-order valence-corrected chi connectivity index (χ1v) is 9.07. The highest BCUT2D eigenvalue weighted by Crippen LogP contribution is 2.33. The van der Waals surface area contributed by atoms with E-state index in [1.807, 2.05) is 0 Å². The fourth-order valence-electron chi connectivity index (χ4n) is 2.16. The Balaban J connectivity index is 0.000000309. The minimum absolute atomic E-state index is 0.0301. The average molecular weight is 345 g/mol. The molecule has 0 unspecified atom stereocenters. The summed E-state index contributed by atoms with van der Waals surface area (Å²) in [7, 11) is -3.17. The van der Waals surface area contributed by atoms with Crippen LogP contribution in [0.25, 0.3) is 11.1 Å². The fraction of sp³-hybridized carbons (Fsp3) is 0.214. The molecule has 0 radical (unpaired) electrons. The van der Waals surface area contributed by atoms with Gasteiger partial charge in [-0.15, -0.1) is 11.3 Å². The molecular weight excluding hydrogens is 332 g/mol. The predicted octanol–water partition coefficient (Wildman–Crippen LogP) is 2.73. The summed E-state index contributed by atoms with van der Waals surface area (Å²) < 4.78 is 45.7. The molecule has 1 aliphatic carbocycles. The smallest absolute Gasteiger partial charge is 0.206 e. The van der Waals surface area contributed by atoms with E-state index in [1.165, 1.54) is 0 Å². The summed E-state index contributed by atoms with van der Waals surface area (Å²) in [5, 5.41) is 4.92. The van der Waals surface area contributed by atoms with Crippen LogP contribution < -0.4 is 5.14 Å². The molecule has 0 spiro atoms. The standard InChI is InChI=1S/C13H8F2OS.CH5NO2S/c14-10-6-17-13(15)12(10)8-2-1-7-3-4-11(16)9(7)5-8;1-5(2,3)4/h1-2,5-6H,3-4H2;1H3,(H2,2,3,4). The molecule has 4 nitrogen and oxygen atoms in total. The Morgan fingerprint density at radius 1 is 1.23 bits per heavy atom. The van der Waals surface area contributed by atoms with Crippen molar-refractivity contribution in [2.75, 3.05) is 6.26 Å². The number of hydrogen-bond acceptors (Lipinski definition) is 4. The minimum atomic E-state index is -3.17. The maximum Gasteiger partial charge on any atom is 0.206 e. The van der Waals surface area contributed by atoms with Gasteiger partial charge in [0.1, 0.15) is 5.82 Å². The second kappa shape index (κ2) is 6.23. The summed E-state index contributed by atoms with van der Waals surface area (Å²) in [5.41, 5.74) is 1.98. The van der Waals surface area contributed by atoms with Crippen molar-refractivity contribution in [3.63, 3.8) is 0 Å². The number of fused-ring (bicyclic) bond motifs is 1. The molecule has 3 rings (SSSR count). The third-order valence-electron chi connectivity index (χ3n) is 3.02. The van der Waals surface area contributed by atoms with E-state index in [0.717, 1.165) is 35.0 Å². The summed E-state index contributed by atoms with van der Waals surface area (Å²) in [6.45, 7) is 0. The van der Waals surface area contributed by atoms with Gasteiger partial charge in [-0.3, -0.25) is 4.79 Å². The lowest BCUT2D eigenvalue weighted by molar-refractivity contribution is 0.0994. The number of sulfonamides is 1. The molecule has 2 N–H and O–H groups in total. The predicted molar refractivity (Wildman–Crippen MR) is 81.4 cm³/mol. The number of rotatable bonds is 1. The topological polar surface area (TPSA) is 77.2 Å². The molecule has 0 saturated carbocycles. The quantitative estimate of drug-likeness (QED) is 0.863. The van der Waals surface area contributed by atoms with Crippen LogP contribution in [0, 0.1) is 10.9 Å². The Labute approximate surface area is 130 Å². The first-order valence-electron chi connectivity index (χ1n) is 6.23. The third-order valence-corrected chi connectivity index (χ3v) is 3.76. The van der Waals surface area contributed by atoms with Crippen molar-refractivity contribution in [1.82, 2.24) is 0 Å². The Bertz CT molecular complexity index is 801. The summed E-state index contributed by atoms with van der Waals surface area (Å²) >= 11 is 0.733. The van der Waals surface area contributed by atoms with Gasteiger partial charge in [0, 0.05) is 17.4 Å². The SMILES string of the molecule is CS(N)(=O)=O.O=C1CCc2ccc(-c3c(F)csc3F)cc21. The average Bonchev–Trinajstić information content (AvgIpc) is 2.92. The van der Waals surface area contributed by atoms with Gasteiger partial charge in [-0.2, -0.15) is 4.39 Å². The van der Waals surface area contributed by atoms with Crippen molar-refractivity contribution in [2.45, 2.75) is 12.8 Å². The summed E-state index contributed by atoms with van der Waals surface area (Å²) in [6, 6.07) is 5.05. The number of primary sulfonamides is 1. The first-order chi connectivity index (χ1) is 10.2. The maximum atomic E-state index is 13.4. The number of hydrogen-bond donors (Lipinski definition) is 1. The Morgan fingerprint density at radius 2 is 1.86 bits per heavy atom. The van der Waals surface area contributed by atoms with Gasteiger partial charge in [0.15, 0.2) is 10.9 Å². The van der Waals surface area contributed by atoms with E-state index in [1.54, 1.807) is 18.2 Å². The molecule has 0 fully saturated rings. The molecule has 0 amide bonds. The Morgan fingerprint density at radius 3 is 2.41 bits per heavy atom. The molecule has 22 heavy (non-hydrogen) atoms. The molecule has 1 heterocycles. The van der Waals surface area contributed by atoms with Crippen LogP contribution in [0.3, 0.4) is 0 Å². The Kier molecular flexibility index (Phi) is 4.74. The number of halogens is 2. The molecule has 0 aliphatic heterocycles. The summed E-state index contributed by atoms with van der Waals surface area (Å²) in [5.74, 6) is -0.518. The van der Waals surface area contributed by atoms with E-state index in [4.69, 9.17) is 0 Å². The minimum Gasteiger partial charge on any atom is -0.294 e. The molecule has 1 aliphatic rings. The van der Waals surface area contributed by atoms with E-state index >= 15 is 0 Å². The molecule has 8 heteroatoms. The van der Waals surface area contributed by atoms with E-state index in [0.29, 0.717) is 17.5 Å². The molecule has 118 valence electrons. The number of aryl methyl sites for hydroxylation is 1. The van der Waals surface area contributed by atoms with E-state index in [-0.39, 0.29) is 11.3 Å². The maximum absolute atomic E-state index is 13.4. The Hall–Kier alpha value is -1.64. The zero-order valence-corrected chi connectivity index (χ0v) is 13.2. The molecular formula is C14H13F2NO3S2. The van der Waals surface area contributed by atoms with Crippen LogP contribution in [0.4, 0.5) is 8.78 Å². The molecule has 1 aromatic carbocycles. The highest BCUT2D eigenvalue weighted by atomic mass is 32.2. The molecule has 1 aromatic heterocycles. The van der Waals surface area contributed by atoms with Gasteiger partial charge in [0.25, 0.3) is 0 Å². The summed E-state index contributed by atoms with van der Waals surface area (Å²) in [6.07, 6.45) is 2.16. The van der Waals surface area contributed by atoms with Crippen LogP contribution in [0.5, 0.6) is 0 Å². The number of carbonyl (C=O) groups excluding carboxylic acids is 1. The lowest BCUT2D eigenvalue weighted by Crippen LogP contribution is -2.07. The van der Waals surface area contributed by atoms with Crippen LogP contribution in [-0.2, 0) is 16.4 Å². The highest BCUT2D eigenvalue weighted by molar-refractivity contribution is 7.88. The van der Waals surface area contributed by atoms with E-state index in [2.05, 4.69) is 5.14 Å². The van der Waals surface area contributed by atoms with Gasteiger partial charge < -0.3 is 0 Å². The van der Waals surface area contributed by atoms with Gasteiger partial charge in [0.2, 0.25) is 10.0 Å². The molecule has 0 bridgehead atoms. The normalized spacial score (nSPS) is 13.5. The van der Waals surface area contributed by atoms with Crippen molar-refractivity contribution < 1.29 is 22.0 Å². The van der Waals surface area contributed by atoms with Gasteiger partial charge in [-0.05, 0) is 23.6 Å². The molecule has 0 atom stereocenters. The van der Waals surface area contributed by atoms with E-state index < -0.39 is 21.0 Å². The third kappa shape index (κ3) is 3.96. The lowest BCUT2D eigenvalue weighted by atomic mass is 10.0. The number of ketones is 1. The fourth-order valence-corrected chi connectivity index (χ4v) is 2.82. The van der Waals surface area contributed by atoms with Crippen molar-refractivity contribution in [3.8, 4) is 11.1 Å². The van der Waals surface area contributed by atoms with Crippen LogP contribution in [0.1, 0.15) is 22.3 Å². The van der Waals surface area contributed by atoms with Gasteiger partial charge in [0.05, 0.1) is 11.8 Å². The van der Waals surface area contributed by atoms with E-state index in [9.17, 15) is 22.0 Å². The van der Waals surface area contributed by atoms with Crippen molar-refractivity contribution in [3.05, 3.63) is 45.7 Å². The van der Waals surface area contributed by atoms with Crippen molar-refractivity contribution in [2.24, 2.45) is 5.14 Å². The number of carbonyl (C=O) groups is 1.